The van der Waals surface area contributed by atoms with Gasteiger partial charge in [0.05, 0.1) is 19.2 Å². The van der Waals surface area contributed by atoms with Crippen molar-refractivity contribution in [1.82, 2.24) is 19.8 Å². The molecule has 2 aromatic rings. The normalized spacial score (nSPS) is 18.3. The fourth-order valence-corrected chi connectivity index (χ4v) is 3.83. The summed E-state index contributed by atoms with van der Waals surface area (Å²) in [4.78, 5) is 27.3. The summed E-state index contributed by atoms with van der Waals surface area (Å²) in [7, 11) is 1.45. The lowest BCUT2D eigenvalue weighted by Crippen LogP contribution is -2.50. The Bertz CT molecular complexity index is 832. The molecule has 0 spiro atoms. The molecule has 8 heteroatoms. The molecular formula is C19H24FN5O2. The molecule has 2 saturated heterocycles. The molecule has 0 unspecified atom stereocenters. The van der Waals surface area contributed by atoms with Crippen molar-refractivity contribution in [2.24, 2.45) is 0 Å². The third-order valence-electron chi connectivity index (χ3n) is 5.38. The molecule has 7 nitrogen and oxygen atoms in total. The number of hydrogen-bond donors (Lipinski definition) is 0. The number of piperazine rings is 1. The summed E-state index contributed by atoms with van der Waals surface area (Å²) < 4.78 is 19.1. The number of nitrogens with zero attached hydrogens (tertiary/aromatic N) is 5. The Labute approximate surface area is 157 Å². The van der Waals surface area contributed by atoms with Crippen LogP contribution in [-0.4, -0.2) is 78.6 Å². The van der Waals surface area contributed by atoms with Gasteiger partial charge in [-0.25, -0.2) is 14.4 Å². The second-order valence-electron chi connectivity index (χ2n) is 7.05. The highest BCUT2D eigenvalue weighted by Gasteiger charge is 2.25. The third kappa shape index (κ3) is 3.66. The molecule has 0 radical (unpaired) electrons. The molecule has 0 bridgehead atoms. The van der Waals surface area contributed by atoms with Crippen LogP contribution in [-0.2, 0) is 4.79 Å². The monoisotopic (exact) mass is 373 g/mol. The van der Waals surface area contributed by atoms with Gasteiger partial charge in [-0.1, -0.05) is 0 Å². The van der Waals surface area contributed by atoms with Gasteiger partial charge in [0.15, 0.2) is 11.6 Å². The Morgan fingerprint density at radius 1 is 1.11 bits per heavy atom. The molecule has 0 saturated carbocycles. The minimum atomic E-state index is -0.431. The van der Waals surface area contributed by atoms with E-state index >= 15 is 0 Å². The standard InChI is InChI=1S/C19H24FN5O2/c1-27-17-10-14-16(11-15(17)20)21-13-22-19(14)25-8-6-23(7-9-25)12-18(26)24-4-2-3-5-24/h10-11,13H,2-9,12H2,1H3. The molecule has 0 aliphatic carbocycles. The minimum absolute atomic E-state index is 0.188. The lowest BCUT2D eigenvalue weighted by molar-refractivity contribution is -0.131. The second kappa shape index (κ2) is 7.64. The average molecular weight is 373 g/mol. The fraction of sp³-hybridized carbons (Fsp3) is 0.526. The van der Waals surface area contributed by atoms with Crippen LogP contribution in [0.15, 0.2) is 18.5 Å². The largest absolute Gasteiger partial charge is 0.494 e. The van der Waals surface area contributed by atoms with Gasteiger partial charge in [-0.3, -0.25) is 9.69 Å². The summed E-state index contributed by atoms with van der Waals surface area (Å²) in [5.41, 5.74) is 0.560. The van der Waals surface area contributed by atoms with Gasteiger partial charge >= 0.3 is 0 Å². The Morgan fingerprint density at radius 2 is 1.85 bits per heavy atom. The maximum Gasteiger partial charge on any atom is 0.236 e. The maximum absolute atomic E-state index is 14.0. The molecule has 4 rings (SSSR count). The Hall–Kier alpha value is -2.48. The van der Waals surface area contributed by atoms with Crippen molar-refractivity contribution in [3.63, 3.8) is 0 Å². The average Bonchev–Trinajstić information content (AvgIpc) is 3.22. The number of hydrogen-bond acceptors (Lipinski definition) is 6. The van der Waals surface area contributed by atoms with Crippen molar-refractivity contribution in [2.45, 2.75) is 12.8 Å². The van der Waals surface area contributed by atoms with Crippen LogP contribution in [0.2, 0.25) is 0 Å². The molecule has 0 N–H and O–H groups in total. The zero-order valence-corrected chi connectivity index (χ0v) is 15.5. The van der Waals surface area contributed by atoms with E-state index in [1.165, 1.54) is 19.5 Å². The number of fused-ring (bicyclic) bond motifs is 1. The molecule has 3 heterocycles. The molecule has 2 fully saturated rings. The summed E-state index contributed by atoms with van der Waals surface area (Å²) in [5, 5.41) is 0.775. The van der Waals surface area contributed by atoms with E-state index in [-0.39, 0.29) is 11.7 Å². The first-order valence-electron chi connectivity index (χ1n) is 9.39. The molecule has 144 valence electrons. The van der Waals surface area contributed by atoms with Crippen molar-refractivity contribution in [1.29, 1.82) is 0 Å². The number of anilines is 1. The predicted octanol–water partition coefficient (Wildman–Crippen LogP) is 1.52. The van der Waals surface area contributed by atoms with E-state index < -0.39 is 5.82 Å². The van der Waals surface area contributed by atoms with Crippen LogP contribution in [0.5, 0.6) is 5.75 Å². The van der Waals surface area contributed by atoms with Crippen LogP contribution in [0.3, 0.4) is 0 Å². The predicted molar refractivity (Wildman–Crippen MR) is 101 cm³/mol. The summed E-state index contributed by atoms with van der Waals surface area (Å²) >= 11 is 0. The molecule has 1 aromatic carbocycles. The zero-order chi connectivity index (χ0) is 18.8. The number of carbonyl (C=O) groups is 1. The number of ether oxygens (including phenoxy) is 1. The van der Waals surface area contributed by atoms with Crippen LogP contribution >= 0.6 is 0 Å². The van der Waals surface area contributed by atoms with E-state index in [0.29, 0.717) is 12.1 Å². The Balaban J connectivity index is 1.45. The highest BCUT2D eigenvalue weighted by molar-refractivity contribution is 5.90. The lowest BCUT2D eigenvalue weighted by atomic mass is 10.2. The number of halogens is 1. The Morgan fingerprint density at radius 3 is 2.56 bits per heavy atom. The number of likely N-dealkylation sites (tertiary alicyclic amines) is 1. The number of rotatable bonds is 4. The second-order valence-corrected chi connectivity index (χ2v) is 7.05. The molecular weight excluding hydrogens is 349 g/mol. The van der Waals surface area contributed by atoms with Crippen LogP contribution < -0.4 is 9.64 Å². The first-order valence-corrected chi connectivity index (χ1v) is 9.39. The smallest absolute Gasteiger partial charge is 0.236 e. The summed E-state index contributed by atoms with van der Waals surface area (Å²) in [6.45, 7) is 5.39. The van der Waals surface area contributed by atoms with Gasteiger partial charge in [0.2, 0.25) is 5.91 Å². The summed E-state index contributed by atoms with van der Waals surface area (Å²) in [5.74, 6) is 0.769. The van der Waals surface area contributed by atoms with Crippen LogP contribution in [0, 0.1) is 5.82 Å². The van der Waals surface area contributed by atoms with Crippen LogP contribution in [0.25, 0.3) is 10.9 Å². The van der Waals surface area contributed by atoms with Crippen molar-refractivity contribution >= 4 is 22.6 Å². The quantitative estimate of drug-likeness (QED) is 0.810. The van der Waals surface area contributed by atoms with Gasteiger partial charge in [-0.15, -0.1) is 0 Å². The van der Waals surface area contributed by atoms with Gasteiger partial charge in [0.25, 0.3) is 0 Å². The number of amides is 1. The fourth-order valence-electron chi connectivity index (χ4n) is 3.83. The Kier molecular flexibility index (Phi) is 5.07. The molecule has 0 atom stereocenters. The van der Waals surface area contributed by atoms with E-state index in [4.69, 9.17) is 4.74 Å². The summed E-state index contributed by atoms with van der Waals surface area (Å²) in [6, 6.07) is 3.04. The lowest BCUT2D eigenvalue weighted by Gasteiger charge is -2.36. The van der Waals surface area contributed by atoms with Crippen LogP contribution in [0.1, 0.15) is 12.8 Å². The number of aromatic nitrogens is 2. The zero-order valence-electron chi connectivity index (χ0n) is 15.5. The molecule has 1 aromatic heterocycles. The number of methoxy groups -OCH3 is 1. The van der Waals surface area contributed by atoms with E-state index in [0.717, 1.165) is 63.3 Å². The van der Waals surface area contributed by atoms with E-state index in [1.54, 1.807) is 6.07 Å². The van der Waals surface area contributed by atoms with E-state index in [1.807, 2.05) is 4.90 Å². The first kappa shape index (κ1) is 17.9. The van der Waals surface area contributed by atoms with Gasteiger partial charge in [0, 0.05) is 50.7 Å². The number of carbonyl (C=O) groups excluding carboxylic acids is 1. The maximum atomic E-state index is 14.0. The highest BCUT2D eigenvalue weighted by atomic mass is 19.1. The van der Waals surface area contributed by atoms with Crippen molar-refractivity contribution in [2.75, 3.05) is 57.8 Å². The minimum Gasteiger partial charge on any atom is -0.494 e. The third-order valence-corrected chi connectivity index (χ3v) is 5.38. The van der Waals surface area contributed by atoms with Crippen molar-refractivity contribution < 1.29 is 13.9 Å². The molecule has 2 aliphatic heterocycles. The van der Waals surface area contributed by atoms with Gasteiger partial charge in [0.1, 0.15) is 12.1 Å². The highest BCUT2D eigenvalue weighted by Crippen LogP contribution is 2.29. The molecule has 27 heavy (non-hydrogen) atoms. The van der Waals surface area contributed by atoms with Gasteiger partial charge in [-0.05, 0) is 18.9 Å². The van der Waals surface area contributed by atoms with E-state index in [2.05, 4.69) is 19.8 Å². The van der Waals surface area contributed by atoms with E-state index in [9.17, 15) is 9.18 Å². The van der Waals surface area contributed by atoms with Crippen molar-refractivity contribution in [3.8, 4) is 5.75 Å². The summed E-state index contributed by atoms with van der Waals surface area (Å²) in [6.07, 6.45) is 3.70. The topological polar surface area (TPSA) is 61.8 Å². The SMILES string of the molecule is COc1cc2c(N3CCN(CC(=O)N4CCCC4)CC3)ncnc2cc1F. The van der Waals surface area contributed by atoms with Crippen LogP contribution in [0.4, 0.5) is 10.2 Å². The van der Waals surface area contributed by atoms with Gasteiger partial charge < -0.3 is 14.5 Å². The molecule has 2 aliphatic rings. The number of benzene rings is 1. The first-order chi connectivity index (χ1) is 13.2. The van der Waals surface area contributed by atoms with Crippen molar-refractivity contribution in [3.05, 3.63) is 24.3 Å². The molecule has 1 amide bonds. The van der Waals surface area contributed by atoms with Gasteiger partial charge in [-0.2, -0.15) is 0 Å².